The number of carbonyl (C=O) groups excluding carboxylic acids is 1. The van der Waals surface area contributed by atoms with Crippen molar-refractivity contribution >= 4 is 5.91 Å². The van der Waals surface area contributed by atoms with Gasteiger partial charge in [0.25, 0.3) is 0 Å². The van der Waals surface area contributed by atoms with Crippen molar-refractivity contribution in [1.82, 2.24) is 20.8 Å². The highest BCUT2D eigenvalue weighted by Crippen LogP contribution is 2.34. The van der Waals surface area contributed by atoms with E-state index in [1.807, 2.05) is 0 Å². The van der Waals surface area contributed by atoms with E-state index < -0.39 is 0 Å². The number of hydrogen-bond acceptors (Lipinski definition) is 5. The fraction of sp³-hybridized carbons (Fsp3) is 0.769. The van der Waals surface area contributed by atoms with E-state index in [1.165, 1.54) is 0 Å². The van der Waals surface area contributed by atoms with Crippen LogP contribution in [0.15, 0.2) is 4.52 Å². The SMILES string of the molecule is Cc1nc(CCNC(=O)C2(C(C)C)CCNC2)no1. The molecule has 0 radical (unpaired) electrons. The molecule has 0 bridgehead atoms. The molecular weight excluding hydrogens is 244 g/mol. The molecule has 6 heteroatoms. The first-order chi connectivity index (χ1) is 9.04. The summed E-state index contributed by atoms with van der Waals surface area (Å²) in [5, 5.41) is 10.1. The van der Waals surface area contributed by atoms with Crippen LogP contribution >= 0.6 is 0 Å². The molecule has 1 atom stereocenters. The number of hydrogen-bond donors (Lipinski definition) is 2. The summed E-state index contributed by atoms with van der Waals surface area (Å²) in [6.07, 6.45) is 1.50. The Morgan fingerprint density at radius 1 is 1.58 bits per heavy atom. The Labute approximate surface area is 113 Å². The highest BCUT2D eigenvalue weighted by Gasteiger charge is 2.43. The van der Waals surface area contributed by atoms with Crippen molar-refractivity contribution in [1.29, 1.82) is 0 Å². The summed E-state index contributed by atoms with van der Waals surface area (Å²) < 4.78 is 4.90. The van der Waals surface area contributed by atoms with Crippen molar-refractivity contribution in [3.05, 3.63) is 11.7 Å². The normalized spacial score (nSPS) is 22.9. The van der Waals surface area contributed by atoms with Gasteiger partial charge in [0.15, 0.2) is 5.82 Å². The summed E-state index contributed by atoms with van der Waals surface area (Å²) in [6, 6.07) is 0. The fourth-order valence-electron chi connectivity index (χ4n) is 2.57. The van der Waals surface area contributed by atoms with Crippen LogP contribution in [-0.4, -0.2) is 35.7 Å². The molecule has 0 aliphatic carbocycles. The zero-order valence-corrected chi connectivity index (χ0v) is 11.8. The van der Waals surface area contributed by atoms with E-state index in [4.69, 9.17) is 4.52 Å². The minimum atomic E-state index is -0.271. The van der Waals surface area contributed by atoms with Crippen LogP contribution in [0, 0.1) is 18.3 Å². The van der Waals surface area contributed by atoms with Gasteiger partial charge in [-0.15, -0.1) is 0 Å². The zero-order chi connectivity index (χ0) is 13.9. The molecule has 1 aliphatic heterocycles. The van der Waals surface area contributed by atoms with E-state index in [0.29, 0.717) is 30.6 Å². The minimum absolute atomic E-state index is 0.132. The average molecular weight is 266 g/mol. The second kappa shape index (κ2) is 5.69. The highest BCUT2D eigenvalue weighted by atomic mass is 16.5. The van der Waals surface area contributed by atoms with Gasteiger partial charge in [-0.1, -0.05) is 19.0 Å². The zero-order valence-electron chi connectivity index (χ0n) is 11.8. The predicted octanol–water partition coefficient (Wildman–Crippen LogP) is 0.672. The van der Waals surface area contributed by atoms with Crippen LogP contribution in [0.25, 0.3) is 0 Å². The Balaban J connectivity index is 1.86. The van der Waals surface area contributed by atoms with E-state index in [-0.39, 0.29) is 11.3 Å². The maximum absolute atomic E-state index is 12.4. The third-order valence-corrected chi connectivity index (χ3v) is 3.95. The van der Waals surface area contributed by atoms with E-state index >= 15 is 0 Å². The van der Waals surface area contributed by atoms with Crippen LogP contribution < -0.4 is 10.6 Å². The van der Waals surface area contributed by atoms with Gasteiger partial charge in [0, 0.05) is 26.4 Å². The van der Waals surface area contributed by atoms with Crippen LogP contribution in [0.2, 0.25) is 0 Å². The van der Waals surface area contributed by atoms with Crippen molar-refractivity contribution < 1.29 is 9.32 Å². The molecule has 19 heavy (non-hydrogen) atoms. The highest BCUT2D eigenvalue weighted by molar-refractivity contribution is 5.83. The number of aryl methyl sites for hydroxylation is 1. The van der Waals surface area contributed by atoms with Crippen LogP contribution in [0.1, 0.15) is 32.0 Å². The number of amides is 1. The number of nitrogens with one attached hydrogen (secondary N) is 2. The smallest absolute Gasteiger partial charge is 0.227 e. The molecule has 0 spiro atoms. The van der Waals surface area contributed by atoms with Gasteiger partial charge in [0.2, 0.25) is 11.8 Å². The molecule has 1 aromatic heterocycles. The first kappa shape index (κ1) is 14.0. The van der Waals surface area contributed by atoms with Crippen LogP contribution in [0.3, 0.4) is 0 Å². The second-order valence-electron chi connectivity index (χ2n) is 5.47. The topological polar surface area (TPSA) is 80.0 Å². The van der Waals surface area contributed by atoms with Gasteiger partial charge in [-0.25, -0.2) is 0 Å². The van der Waals surface area contributed by atoms with Crippen LogP contribution in [-0.2, 0) is 11.2 Å². The van der Waals surface area contributed by atoms with Gasteiger partial charge in [-0.2, -0.15) is 4.98 Å². The Morgan fingerprint density at radius 2 is 2.37 bits per heavy atom. The van der Waals surface area contributed by atoms with E-state index in [9.17, 15) is 4.79 Å². The monoisotopic (exact) mass is 266 g/mol. The summed E-state index contributed by atoms with van der Waals surface area (Å²) in [6.45, 7) is 8.19. The summed E-state index contributed by atoms with van der Waals surface area (Å²) in [7, 11) is 0. The molecule has 1 aromatic rings. The molecule has 0 aromatic carbocycles. The molecular formula is C13H22N4O2. The fourth-order valence-corrected chi connectivity index (χ4v) is 2.57. The number of nitrogens with zero attached hydrogens (tertiary/aromatic N) is 2. The van der Waals surface area contributed by atoms with Gasteiger partial charge in [-0.05, 0) is 18.9 Å². The molecule has 1 saturated heterocycles. The Kier molecular flexibility index (Phi) is 4.19. The molecule has 2 rings (SSSR count). The van der Waals surface area contributed by atoms with Gasteiger partial charge >= 0.3 is 0 Å². The third kappa shape index (κ3) is 2.94. The van der Waals surface area contributed by atoms with Gasteiger partial charge < -0.3 is 15.2 Å². The van der Waals surface area contributed by atoms with Crippen molar-refractivity contribution in [3.8, 4) is 0 Å². The average Bonchev–Trinajstić information content (AvgIpc) is 2.98. The third-order valence-electron chi connectivity index (χ3n) is 3.95. The summed E-state index contributed by atoms with van der Waals surface area (Å²) >= 11 is 0. The lowest BCUT2D eigenvalue weighted by molar-refractivity contribution is -0.132. The lowest BCUT2D eigenvalue weighted by Gasteiger charge is -2.31. The minimum Gasteiger partial charge on any atom is -0.355 e. The Morgan fingerprint density at radius 3 is 2.89 bits per heavy atom. The first-order valence-electron chi connectivity index (χ1n) is 6.83. The van der Waals surface area contributed by atoms with E-state index in [0.717, 1.165) is 19.5 Å². The van der Waals surface area contributed by atoms with Crippen molar-refractivity contribution in [2.45, 2.75) is 33.6 Å². The Hall–Kier alpha value is -1.43. The second-order valence-corrected chi connectivity index (χ2v) is 5.47. The maximum Gasteiger partial charge on any atom is 0.227 e. The van der Waals surface area contributed by atoms with Crippen molar-refractivity contribution in [3.63, 3.8) is 0 Å². The number of rotatable bonds is 5. The largest absolute Gasteiger partial charge is 0.355 e. The molecule has 1 amide bonds. The molecule has 1 fully saturated rings. The number of aromatic nitrogens is 2. The summed E-state index contributed by atoms with van der Waals surface area (Å²) in [4.78, 5) is 16.5. The molecule has 106 valence electrons. The molecule has 0 saturated carbocycles. The summed E-state index contributed by atoms with van der Waals surface area (Å²) in [5.74, 6) is 1.66. The quantitative estimate of drug-likeness (QED) is 0.819. The standard InChI is InChI=1S/C13H22N4O2/c1-9(2)13(5-7-14-8-13)12(18)15-6-4-11-16-10(3)19-17-11/h9,14H,4-8H2,1-3H3,(H,15,18). The van der Waals surface area contributed by atoms with Crippen LogP contribution in [0.4, 0.5) is 0 Å². The molecule has 2 N–H and O–H groups in total. The van der Waals surface area contributed by atoms with Crippen molar-refractivity contribution in [2.75, 3.05) is 19.6 Å². The van der Waals surface area contributed by atoms with Gasteiger partial charge in [-0.3, -0.25) is 4.79 Å². The molecule has 2 heterocycles. The Bertz CT molecular complexity index is 436. The lowest BCUT2D eigenvalue weighted by Crippen LogP contribution is -2.46. The molecule has 1 unspecified atom stereocenters. The van der Waals surface area contributed by atoms with E-state index in [1.54, 1.807) is 6.92 Å². The van der Waals surface area contributed by atoms with Gasteiger partial charge in [0.05, 0.1) is 5.41 Å². The maximum atomic E-state index is 12.4. The van der Waals surface area contributed by atoms with Crippen LogP contribution in [0.5, 0.6) is 0 Å². The van der Waals surface area contributed by atoms with Crippen molar-refractivity contribution in [2.24, 2.45) is 11.3 Å². The van der Waals surface area contributed by atoms with E-state index in [2.05, 4.69) is 34.6 Å². The number of carbonyl (C=O) groups is 1. The van der Waals surface area contributed by atoms with Gasteiger partial charge in [0.1, 0.15) is 0 Å². The predicted molar refractivity (Wildman–Crippen MR) is 70.5 cm³/mol. The molecule has 6 nitrogen and oxygen atoms in total. The lowest BCUT2D eigenvalue weighted by atomic mass is 9.75. The first-order valence-corrected chi connectivity index (χ1v) is 6.83. The molecule has 1 aliphatic rings. The summed E-state index contributed by atoms with van der Waals surface area (Å²) in [5.41, 5.74) is -0.271.